The lowest BCUT2D eigenvalue weighted by Gasteiger charge is -2.09. The van der Waals surface area contributed by atoms with Crippen molar-refractivity contribution < 1.29 is 13.5 Å². The van der Waals surface area contributed by atoms with Crippen LogP contribution in [0.25, 0.3) is 16.9 Å². The highest BCUT2D eigenvalue weighted by Gasteiger charge is 2.14. The predicted molar refractivity (Wildman–Crippen MR) is 99.6 cm³/mol. The molecule has 0 bridgehead atoms. The zero-order chi connectivity index (χ0) is 20.4. The summed E-state index contributed by atoms with van der Waals surface area (Å²) < 4.78 is 34.5. The van der Waals surface area contributed by atoms with Gasteiger partial charge in [0.15, 0.2) is 0 Å². The molecule has 4 rings (SSSR count). The van der Waals surface area contributed by atoms with Crippen molar-refractivity contribution in [1.82, 2.24) is 35.0 Å². The Bertz CT molecular complexity index is 1100. The number of nitrogens with zero attached hydrogens (tertiary/aromatic N) is 7. The molecule has 3 aromatic heterocycles. The van der Waals surface area contributed by atoms with Gasteiger partial charge in [0, 0.05) is 30.4 Å². The van der Waals surface area contributed by atoms with Crippen LogP contribution in [0.3, 0.4) is 0 Å². The summed E-state index contributed by atoms with van der Waals surface area (Å²) in [5, 5.41) is 20.5. The molecule has 29 heavy (non-hydrogen) atoms. The average molecular weight is 397 g/mol. The van der Waals surface area contributed by atoms with Crippen molar-refractivity contribution in [1.29, 1.82) is 0 Å². The molecule has 0 saturated heterocycles. The molecular weight excluding hydrogens is 380 g/mol. The van der Waals surface area contributed by atoms with Gasteiger partial charge in [-0.15, -0.1) is 15.3 Å². The molecule has 10 heteroatoms. The summed E-state index contributed by atoms with van der Waals surface area (Å²) in [7, 11) is 1.83. The standard InChI is InChI=1S/C19H17F2N7O/c1-12-17(28(26-23-12)15-5-3-13(4-6-15)19(20)21)11-29-18-8-7-16(24-25-18)14-9-22-27(2)10-14/h3-10,19H,11H2,1-2H3. The van der Waals surface area contributed by atoms with Crippen LogP contribution in [0, 0.1) is 6.92 Å². The summed E-state index contributed by atoms with van der Waals surface area (Å²) in [5.41, 5.74) is 3.47. The molecule has 0 N–H and O–H groups in total. The molecule has 0 aliphatic carbocycles. The Balaban J connectivity index is 1.49. The first kappa shape index (κ1) is 18.7. The molecule has 0 fully saturated rings. The lowest BCUT2D eigenvalue weighted by molar-refractivity contribution is 0.151. The molecule has 0 spiro atoms. The van der Waals surface area contributed by atoms with E-state index in [1.54, 1.807) is 46.7 Å². The summed E-state index contributed by atoms with van der Waals surface area (Å²) in [6, 6.07) is 9.39. The molecule has 4 aromatic rings. The van der Waals surface area contributed by atoms with E-state index in [-0.39, 0.29) is 12.2 Å². The fourth-order valence-corrected chi connectivity index (χ4v) is 2.76. The van der Waals surface area contributed by atoms with Crippen molar-refractivity contribution in [2.75, 3.05) is 0 Å². The van der Waals surface area contributed by atoms with Gasteiger partial charge in [-0.1, -0.05) is 17.3 Å². The molecule has 1 aromatic carbocycles. The minimum atomic E-state index is -2.52. The van der Waals surface area contributed by atoms with Crippen molar-refractivity contribution >= 4 is 0 Å². The molecule has 0 saturated carbocycles. The maximum absolute atomic E-state index is 12.8. The van der Waals surface area contributed by atoms with Crippen LogP contribution in [0.1, 0.15) is 23.4 Å². The highest BCUT2D eigenvalue weighted by molar-refractivity contribution is 5.56. The highest BCUT2D eigenvalue weighted by atomic mass is 19.3. The lowest BCUT2D eigenvalue weighted by atomic mass is 10.2. The first-order chi connectivity index (χ1) is 14.0. The van der Waals surface area contributed by atoms with E-state index in [0.29, 0.717) is 28.6 Å². The Morgan fingerprint density at radius 3 is 2.45 bits per heavy atom. The third-order valence-corrected chi connectivity index (χ3v) is 4.34. The molecule has 0 unspecified atom stereocenters. The van der Waals surface area contributed by atoms with E-state index in [0.717, 1.165) is 5.56 Å². The van der Waals surface area contributed by atoms with Crippen molar-refractivity contribution in [3.05, 3.63) is 65.7 Å². The number of hydrogen-bond acceptors (Lipinski definition) is 6. The van der Waals surface area contributed by atoms with Crippen molar-refractivity contribution in [2.24, 2.45) is 7.05 Å². The Morgan fingerprint density at radius 1 is 1.03 bits per heavy atom. The second-order valence-electron chi connectivity index (χ2n) is 6.37. The largest absolute Gasteiger partial charge is 0.470 e. The molecule has 8 nitrogen and oxygen atoms in total. The smallest absolute Gasteiger partial charge is 0.263 e. The van der Waals surface area contributed by atoms with Crippen molar-refractivity contribution in [2.45, 2.75) is 20.0 Å². The SMILES string of the molecule is Cc1nnn(-c2ccc(C(F)F)cc2)c1COc1ccc(-c2cnn(C)c2)nn1. The summed E-state index contributed by atoms with van der Waals surface area (Å²) in [6.07, 6.45) is 1.03. The number of benzene rings is 1. The molecule has 0 amide bonds. The van der Waals surface area contributed by atoms with E-state index >= 15 is 0 Å². The number of aryl methyl sites for hydroxylation is 2. The monoisotopic (exact) mass is 397 g/mol. The lowest BCUT2D eigenvalue weighted by Crippen LogP contribution is -2.08. The average Bonchev–Trinajstić information content (AvgIpc) is 3.32. The van der Waals surface area contributed by atoms with E-state index in [1.165, 1.54) is 12.1 Å². The first-order valence-electron chi connectivity index (χ1n) is 8.76. The minimum Gasteiger partial charge on any atom is -0.470 e. The minimum absolute atomic E-state index is 0.0487. The van der Waals surface area contributed by atoms with E-state index in [9.17, 15) is 8.78 Å². The summed E-state index contributed by atoms with van der Waals surface area (Å²) in [6.45, 7) is 1.95. The number of aromatic nitrogens is 7. The third kappa shape index (κ3) is 3.96. The highest BCUT2D eigenvalue weighted by Crippen LogP contribution is 2.22. The van der Waals surface area contributed by atoms with Crippen LogP contribution >= 0.6 is 0 Å². The van der Waals surface area contributed by atoms with E-state index in [2.05, 4.69) is 25.6 Å². The normalized spacial score (nSPS) is 11.2. The summed E-state index contributed by atoms with van der Waals surface area (Å²) in [4.78, 5) is 0. The number of hydrogen-bond donors (Lipinski definition) is 0. The number of ether oxygens (including phenoxy) is 1. The second-order valence-corrected chi connectivity index (χ2v) is 6.37. The number of alkyl halides is 2. The van der Waals surface area contributed by atoms with Gasteiger partial charge in [0.25, 0.3) is 6.43 Å². The van der Waals surface area contributed by atoms with E-state index in [1.807, 2.05) is 13.2 Å². The predicted octanol–water partition coefficient (Wildman–Crippen LogP) is 3.28. The van der Waals surface area contributed by atoms with Gasteiger partial charge in [-0.25, -0.2) is 13.5 Å². The fraction of sp³-hybridized carbons (Fsp3) is 0.211. The van der Waals surface area contributed by atoms with Gasteiger partial charge in [-0.05, 0) is 25.1 Å². The van der Waals surface area contributed by atoms with Crippen LogP contribution < -0.4 is 4.74 Å². The van der Waals surface area contributed by atoms with Gasteiger partial charge >= 0.3 is 0 Å². The molecule has 3 heterocycles. The topological polar surface area (TPSA) is 83.5 Å². The van der Waals surface area contributed by atoms with Gasteiger partial charge in [0.2, 0.25) is 5.88 Å². The first-order valence-corrected chi connectivity index (χ1v) is 8.76. The van der Waals surface area contributed by atoms with E-state index < -0.39 is 6.43 Å². The van der Waals surface area contributed by atoms with Crippen LogP contribution in [0.4, 0.5) is 8.78 Å². The molecule has 0 radical (unpaired) electrons. The molecule has 148 valence electrons. The Morgan fingerprint density at radius 2 is 1.83 bits per heavy atom. The Hall–Kier alpha value is -3.69. The van der Waals surface area contributed by atoms with Gasteiger partial charge in [0.05, 0.1) is 23.3 Å². The Kier molecular flexibility index (Phi) is 4.98. The molecular formula is C19H17F2N7O. The van der Waals surface area contributed by atoms with Crippen LogP contribution in [0.5, 0.6) is 5.88 Å². The van der Waals surface area contributed by atoms with Crippen LogP contribution in [-0.2, 0) is 13.7 Å². The van der Waals surface area contributed by atoms with Gasteiger partial charge in [-0.3, -0.25) is 4.68 Å². The molecule has 0 aliphatic rings. The van der Waals surface area contributed by atoms with Crippen molar-refractivity contribution in [3.8, 4) is 22.8 Å². The summed E-state index contributed by atoms with van der Waals surface area (Å²) >= 11 is 0. The molecule has 0 atom stereocenters. The fourth-order valence-electron chi connectivity index (χ4n) is 2.76. The van der Waals surface area contributed by atoms with Gasteiger partial charge in [-0.2, -0.15) is 5.10 Å². The van der Waals surface area contributed by atoms with Crippen LogP contribution in [0.2, 0.25) is 0 Å². The van der Waals surface area contributed by atoms with E-state index in [4.69, 9.17) is 4.74 Å². The van der Waals surface area contributed by atoms with Gasteiger partial charge < -0.3 is 4.74 Å². The zero-order valence-corrected chi connectivity index (χ0v) is 15.7. The van der Waals surface area contributed by atoms with Crippen LogP contribution in [0.15, 0.2) is 48.8 Å². The van der Waals surface area contributed by atoms with Crippen LogP contribution in [-0.4, -0.2) is 35.0 Å². The summed E-state index contributed by atoms with van der Waals surface area (Å²) in [5.74, 6) is 0.345. The zero-order valence-electron chi connectivity index (χ0n) is 15.7. The number of rotatable bonds is 6. The van der Waals surface area contributed by atoms with Crippen molar-refractivity contribution in [3.63, 3.8) is 0 Å². The Labute approximate surface area is 164 Å². The third-order valence-electron chi connectivity index (χ3n) is 4.34. The van der Waals surface area contributed by atoms with Gasteiger partial charge in [0.1, 0.15) is 12.3 Å². The quantitative estimate of drug-likeness (QED) is 0.497. The number of halogens is 2. The molecule has 0 aliphatic heterocycles. The maximum atomic E-state index is 12.8. The second kappa shape index (κ2) is 7.74. The maximum Gasteiger partial charge on any atom is 0.263 e.